The Kier molecular flexibility index (Phi) is 5.21. The number of ether oxygens (including phenoxy) is 1. The van der Waals surface area contributed by atoms with E-state index in [4.69, 9.17) is 4.74 Å². The molecule has 4 heteroatoms. The SMILES string of the molecule is CC(C)(C)c1ccc(C=CC2CCOC(c3c(F)cccc3F)=N2)cc1. The highest BCUT2D eigenvalue weighted by Crippen LogP contribution is 2.23. The van der Waals surface area contributed by atoms with Gasteiger partial charge in [0.15, 0.2) is 0 Å². The first kappa shape index (κ1) is 18.3. The second-order valence-electron chi connectivity index (χ2n) is 7.47. The first-order valence-corrected chi connectivity index (χ1v) is 8.78. The maximum atomic E-state index is 13.9. The van der Waals surface area contributed by atoms with Crippen LogP contribution in [0.5, 0.6) is 0 Å². The van der Waals surface area contributed by atoms with E-state index in [1.54, 1.807) is 0 Å². The first-order chi connectivity index (χ1) is 12.3. The lowest BCUT2D eigenvalue weighted by Gasteiger charge is -2.20. The number of rotatable bonds is 3. The fraction of sp³-hybridized carbons (Fsp3) is 0.318. The van der Waals surface area contributed by atoms with Crippen molar-refractivity contribution in [3.63, 3.8) is 0 Å². The van der Waals surface area contributed by atoms with Crippen LogP contribution in [0.2, 0.25) is 0 Å². The number of nitrogens with zero attached hydrogens (tertiary/aromatic N) is 1. The van der Waals surface area contributed by atoms with Crippen LogP contribution in [0.3, 0.4) is 0 Å². The van der Waals surface area contributed by atoms with Crippen LogP contribution in [-0.4, -0.2) is 18.5 Å². The minimum absolute atomic E-state index is 0.0320. The van der Waals surface area contributed by atoms with Gasteiger partial charge in [0.05, 0.1) is 12.6 Å². The molecule has 3 rings (SSSR count). The van der Waals surface area contributed by atoms with Gasteiger partial charge in [0.1, 0.15) is 17.2 Å². The summed E-state index contributed by atoms with van der Waals surface area (Å²) in [4.78, 5) is 4.37. The molecule has 0 fully saturated rings. The maximum Gasteiger partial charge on any atom is 0.222 e. The van der Waals surface area contributed by atoms with Crippen molar-refractivity contribution in [2.45, 2.75) is 38.6 Å². The molecule has 1 atom stereocenters. The molecule has 136 valence electrons. The second-order valence-corrected chi connectivity index (χ2v) is 7.47. The fourth-order valence-corrected chi connectivity index (χ4v) is 2.82. The Balaban J connectivity index is 1.78. The molecule has 26 heavy (non-hydrogen) atoms. The van der Waals surface area contributed by atoms with E-state index < -0.39 is 11.6 Å². The Morgan fingerprint density at radius 2 is 1.69 bits per heavy atom. The standard InChI is InChI=1S/C22H23F2NO/c1-22(2,3)16-10-7-15(8-11-16)9-12-17-13-14-26-21(25-17)20-18(23)5-4-6-19(20)24/h4-12,17H,13-14H2,1-3H3. The smallest absolute Gasteiger partial charge is 0.222 e. The van der Waals surface area contributed by atoms with Crippen LogP contribution in [0.4, 0.5) is 8.78 Å². The van der Waals surface area contributed by atoms with Crippen LogP contribution in [-0.2, 0) is 10.2 Å². The van der Waals surface area contributed by atoms with Crippen molar-refractivity contribution < 1.29 is 13.5 Å². The molecule has 0 saturated heterocycles. The fourth-order valence-electron chi connectivity index (χ4n) is 2.82. The normalized spacial score (nSPS) is 17.9. The van der Waals surface area contributed by atoms with Gasteiger partial charge in [-0.2, -0.15) is 0 Å². The third-order valence-electron chi connectivity index (χ3n) is 4.40. The van der Waals surface area contributed by atoms with E-state index in [2.05, 4.69) is 50.0 Å². The van der Waals surface area contributed by atoms with Gasteiger partial charge in [0, 0.05) is 6.42 Å². The molecule has 1 heterocycles. The van der Waals surface area contributed by atoms with Gasteiger partial charge in [-0.1, -0.05) is 63.3 Å². The van der Waals surface area contributed by atoms with Crippen molar-refractivity contribution in [3.05, 3.63) is 76.9 Å². The van der Waals surface area contributed by atoms with E-state index >= 15 is 0 Å². The van der Waals surface area contributed by atoms with Crippen LogP contribution in [0.1, 0.15) is 43.9 Å². The topological polar surface area (TPSA) is 21.6 Å². The zero-order chi connectivity index (χ0) is 18.7. The van der Waals surface area contributed by atoms with Gasteiger partial charge in [-0.3, -0.25) is 0 Å². The molecule has 0 bridgehead atoms. The summed E-state index contributed by atoms with van der Waals surface area (Å²) in [7, 11) is 0. The zero-order valence-electron chi connectivity index (χ0n) is 15.3. The van der Waals surface area contributed by atoms with Crippen molar-refractivity contribution in [3.8, 4) is 0 Å². The van der Waals surface area contributed by atoms with Gasteiger partial charge < -0.3 is 4.74 Å². The zero-order valence-corrected chi connectivity index (χ0v) is 15.3. The molecule has 1 unspecified atom stereocenters. The number of benzene rings is 2. The molecule has 0 N–H and O–H groups in total. The number of hydrogen-bond donors (Lipinski definition) is 0. The Bertz CT molecular complexity index is 812. The Morgan fingerprint density at radius 3 is 2.31 bits per heavy atom. The maximum absolute atomic E-state index is 13.9. The highest BCUT2D eigenvalue weighted by Gasteiger charge is 2.21. The largest absolute Gasteiger partial charge is 0.477 e. The summed E-state index contributed by atoms with van der Waals surface area (Å²) in [5.74, 6) is -1.29. The highest BCUT2D eigenvalue weighted by atomic mass is 19.1. The lowest BCUT2D eigenvalue weighted by atomic mass is 9.87. The van der Waals surface area contributed by atoms with Crippen LogP contribution >= 0.6 is 0 Å². The van der Waals surface area contributed by atoms with E-state index in [1.165, 1.54) is 23.8 Å². The molecule has 1 aliphatic rings. The summed E-state index contributed by atoms with van der Waals surface area (Å²) in [5.41, 5.74) is 2.26. The van der Waals surface area contributed by atoms with E-state index in [9.17, 15) is 8.78 Å². The van der Waals surface area contributed by atoms with Crippen LogP contribution in [0.25, 0.3) is 6.08 Å². The molecule has 0 aliphatic carbocycles. The Hall–Kier alpha value is -2.49. The Labute approximate surface area is 153 Å². The molecule has 0 saturated carbocycles. The van der Waals surface area contributed by atoms with E-state index in [-0.39, 0.29) is 22.9 Å². The van der Waals surface area contributed by atoms with E-state index in [0.29, 0.717) is 13.0 Å². The minimum Gasteiger partial charge on any atom is -0.477 e. The van der Waals surface area contributed by atoms with Gasteiger partial charge in [0.2, 0.25) is 5.90 Å². The predicted octanol–water partition coefficient (Wildman–Crippen LogP) is 5.51. The summed E-state index contributed by atoms with van der Waals surface area (Å²) < 4.78 is 33.3. The van der Waals surface area contributed by atoms with Gasteiger partial charge in [-0.15, -0.1) is 0 Å². The molecule has 2 nitrogen and oxygen atoms in total. The molecule has 0 amide bonds. The number of aliphatic imine (C=N–C) groups is 1. The van der Waals surface area contributed by atoms with Crippen molar-refractivity contribution in [2.75, 3.05) is 6.61 Å². The summed E-state index contributed by atoms with van der Waals surface area (Å²) >= 11 is 0. The average Bonchev–Trinajstić information content (AvgIpc) is 2.60. The molecular formula is C22H23F2NO. The molecule has 0 radical (unpaired) electrons. The monoisotopic (exact) mass is 355 g/mol. The molecule has 1 aliphatic heterocycles. The number of hydrogen-bond acceptors (Lipinski definition) is 2. The van der Waals surface area contributed by atoms with Crippen molar-refractivity contribution in [1.82, 2.24) is 0 Å². The van der Waals surface area contributed by atoms with Gasteiger partial charge >= 0.3 is 0 Å². The van der Waals surface area contributed by atoms with Crippen molar-refractivity contribution in [2.24, 2.45) is 4.99 Å². The van der Waals surface area contributed by atoms with Crippen molar-refractivity contribution in [1.29, 1.82) is 0 Å². The second kappa shape index (κ2) is 7.40. The van der Waals surface area contributed by atoms with Gasteiger partial charge in [-0.05, 0) is 28.7 Å². The third kappa shape index (κ3) is 4.18. The lowest BCUT2D eigenvalue weighted by molar-refractivity contribution is 0.269. The minimum atomic E-state index is -0.661. The summed E-state index contributed by atoms with van der Waals surface area (Å²) in [5, 5.41) is 0. The molecular weight excluding hydrogens is 332 g/mol. The molecule has 0 spiro atoms. The lowest BCUT2D eigenvalue weighted by Crippen LogP contribution is -2.22. The van der Waals surface area contributed by atoms with Crippen LogP contribution in [0.15, 0.2) is 53.5 Å². The molecule has 2 aromatic carbocycles. The summed E-state index contributed by atoms with van der Waals surface area (Å²) in [6.07, 6.45) is 4.62. The van der Waals surface area contributed by atoms with Crippen molar-refractivity contribution >= 4 is 12.0 Å². The first-order valence-electron chi connectivity index (χ1n) is 8.78. The molecule has 2 aromatic rings. The summed E-state index contributed by atoms with van der Waals surface area (Å²) in [6.45, 7) is 6.92. The third-order valence-corrected chi connectivity index (χ3v) is 4.40. The van der Waals surface area contributed by atoms with Crippen LogP contribution in [0, 0.1) is 11.6 Å². The quantitative estimate of drug-likeness (QED) is 0.711. The van der Waals surface area contributed by atoms with E-state index in [0.717, 1.165) is 5.56 Å². The Morgan fingerprint density at radius 1 is 1.04 bits per heavy atom. The van der Waals surface area contributed by atoms with Gasteiger partial charge in [0.25, 0.3) is 0 Å². The predicted molar refractivity (Wildman–Crippen MR) is 101 cm³/mol. The average molecular weight is 355 g/mol. The highest BCUT2D eigenvalue weighted by molar-refractivity contribution is 5.95. The van der Waals surface area contributed by atoms with Crippen LogP contribution < -0.4 is 0 Å². The summed E-state index contributed by atoms with van der Waals surface area (Å²) in [6, 6.07) is 12.0. The number of halogens is 2. The molecule has 0 aromatic heterocycles. The van der Waals surface area contributed by atoms with Gasteiger partial charge in [-0.25, -0.2) is 13.8 Å². The van der Waals surface area contributed by atoms with E-state index in [1.807, 2.05) is 12.2 Å².